The first-order chi connectivity index (χ1) is 9.11. The van der Waals surface area contributed by atoms with Crippen molar-refractivity contribution in [3.8, 4) is 0 Å². The Bertz CT molecular complexity index is 421. The Morgan fingerprint density at radius 2 is 2.21 bits per heavy atom. The lowest BCUT2D eigenvalue weighted by Crippen LogP contribution is -2.39. The maximum atomic E-state index is 13.5. The number of benzene rings is 1. The Morgan fingerprint density at radius 3 is 2.79 bits per heavy atom. The molecule has 0 bridgehead atoms. The van der Waals surface area contributed by atoms with Gasteiger partial charge in [0.1, 0.15) is 5.82 Å². The standard InChI is InChI=1S/C16H23ClFN/c1-3-19-16(13-6-4-5-11(13)2)10-12-7-8-14(17)15(18)9-12/h7-9,11,13,16,19H,3-6,10H2,1-2H3. The van der Waals surface area contributed by atoms with Gasteiger partial charge in [-0.1, -0.05) is 44.4 Å². The van der Waals surface area contributed by atoms with E-state index in [4.69, 9.17) is 11.6 Å². The maximum absolute atomic E-state index is 13.5. The van der Waals surface area contributed by atoms with Gasteiger partial charge in [0.15, 0.2) is 0 Å². The van der Waals surface area contributed by atoms with Crippen LogP contribution in [-0.4, -0.2) is 12.6 Å². The van der Waals surface area contributed by atoms with E-state index in [1.165, 1.54) is 19.3 Å². The summed E-state index contributed by atoms with van der Waals surface area (Å²) in [5, 5.41) is 3.79. The van der Waals surface area contributed by atoms with E-state index >= 15 is 0 Å². The molecular formula is C16H23ClFN. The van der Waals surface area contributed by atoms with Gasteiger partial charge in [-0.15, -0.1) is 0 Å². The molecule has 1 nitrogen and oxygen atoms in total. The van der Waals surface area contributed by atoms with Crippen LogP contribution in [0, 0.1) is 17.7 Å². The first kappa shape index (κ1) is 14.8. The molecule has 0 spiro atoms. The van der Waals surface area contributed by atoms with Gasteiger partial charge < -0.3 is 5.32 Å². The average Bonchev–Trinajstić information content (AvgIpc) is 2.79. The van der Waals surface area contributed by atoms with Gasteiger partial charge in [-0.2, -0.15) is 0 Å². The summed E-state index contributed by atoms with van der Waals surface area (Å²) in [6.07, 6.45) is 4.82. The zero-order valence-corrected chi connectivity index (χ0v) is 12.5. The van der Waals surface area contributed by atoms with E-state index in [1.54, 1.807) is 12.1 Å². The molecule has 1 saturated carbocycles. The van der Waals surface area contributed by atoms with Crippen molar-refractivity contribution in [2.75, 3.05) is 6.54 Å². The predicted octanol–water partition coefficient (Wildman–Crippen LogP) is 4.44. The molecule has 19 heavy (non-hydrogen) atoms. The molecule has 1 fully saturated rings. The van der Waals surface area contributed by atoms with Crippen molar-refractivity contribution in [1.82, 2.24) is 5.32 Å². The SMILES string of the molecule is CCNC(Cc1ccc(Cl)c(F)c1)C1CCCC1C. The summed E-state index contributed by atoms with van der Waals surface area (Å²) in [6, 6.07) is 5.62. The predicted molar refractivity (Wildman–Crippen MR) is 79.1 cm³/mol. The largest absolute Gasteiger partial charge is 0.314 e. The zero-order valence-electron chi connectivity index (χ0n) is 11.8. The smallest absolute Gasteiger partial charge is 0.142 e. The number of hydrogen-bond donors (Lipinski definition) is 1. The molecule has 0 saturated heterocycles. The highest BCUT2D eigenvalue weighted by Gasteiger charge is 2.30. The minimum absolute atomic E-state index is 0.206. The summed E-state index contributed by atoms with van der Waals surface area (Å²) < 4.78 is 13.5. The Labute approximate surface area is 120 Å². The van der Waals surface area contributed by atoms with E-state index in [-0.39, 0.29) is 10.8 Å². The Kier molecular flexibility index (Phi) is 5.23. The van der Waals surface area contributed by atoms with E-state index in [9.17, 15) is 4.39 Å². The third-order valence-electron chi connectivity index (χ3n) is 4.35. The van der Waals surface area contributed by atoms with Gasteiger partial charge in [0.2, 0.25) is 0 Å². The third kappa shape index (κ3) is 3.70. The van der Waals surface area contributed by atoms with Gasteiger partial charge in [0.25, 0.3) is 0 Å². The minimum atomic E-state index is -0.311. The second kappa shape index (κ2) is 6.71. The van der Waals surface area contributed by atoms with Crippen LogP contribution < -0.4 is 5.32 Å². The lowest BCUT2D eigenvalue weighted by Gasteiger charge is -2.28. The van der Waals surface area contributed by atoms with Gasteiger partial charge in [-0.3, -0.25) is 0 Å². The Morgan fingerprint density at radius 1 is 1.42 bits per heavy atom. The van der Waals surface area contributed by atoms with E-state index in [0.29, 0.717) is 12.0 Å². The highest BCUT2D eigenvalue weighted by atomic mass is 35.5. The van der Waals surface area contributed by atoms with Crippen LogP contribution in [0.3, 0.4) is 0 Å². The molecule has 1 aromatic rings. The van der Waals surface area contributed by atoms with Gasteiger partial charge in [0.05, 0.1) is 5.02 Å². The second-order valence-electron chi connectivity index (χ2n) is 5.69. The molecule has 0 radical (unpaired) electrons. The van der Waals surface area contributed by atoms with Crippen molar-refractivity contribution in [2.45, 2.75) is 45.6 Å². The highest BCUT2D eigenvalue weighted by molar-refractivity contribution is 6.30. The van der Waals surface area contributed by atoms with Crippen molar-refractivity contribution < 1.29 is 4.39 Å². The molecule has 106 valence electrons. The number of nitrogens with one attached hydrogen (secondary N) is 1. The molecule has 0 amide bonds. The molecule has 3 unspecified atom stereocenters. The van der Waals surface area contributed by atoms with Crippen LogP contribution in [0.4, 0.5) is 4.39 Å². The Hall–Kier alpha value is -0.600. The summed E-state index contributed by atoms with van der Waals surface area (Å²) in [4.78, 5) is 0. The van der Waals surface area contributed by atoms with Crippen LogP contribution in [0.15, 0.2) is 18.2 Å². The summed E-state index contributed by atoms with van der Waals surface area (Å²) in [6.45, 7) is 5.43. The van der Waals surface area contributed by atoms with Crippen molar-refractivity contribution >= 4 is 11.6 Å². The van der Waals surface area contributed by atoms with Crippen LogP contribution in [0.1, 0.15) is 38.7 Å². The van der Waals surface area contributed by atoms with Gasteiger partial charge in [-0.25, -0.2) is 4.39 Å². The van der Waals surface area contributed by atoms with Crippen LogP contribution in [0.5, 0.6) is 0 Å². The lowest BCUT2D eigenvalue weighted by molar-refractivity contribution is 0.298. The van der Waals surface area contributed by atoms with Gasteiger partial charge in [0, 0.05) is 6.04 Å². The van der Waals surface area contributed by atoms with Crippen molar-refractivity contribution in [2.24, 2.45) is 11.8 Å². The molecule has 0 aliphatic heterocycles. The molecule has 3 heteroatoms. The fraction of sp³-hybridized carbons (Fsp3) is 0.625. The number of halogens is 2. The van der Waals surface area contributed by atoms with Crippen LogP contribution >= 0.6 is 11.6 Å². The lowest BCUT2D eigenvalue weighted by atomic mass is 9.86. The first-order valence-corrected chi connectivity index (χ1v) is 7.67. The molecule has 0 aromatic heterocycles. The topological polar surface area (TPSA) is 12.0 Å². The quantitative estimate of drug-likeness (QED) is 0.843. The van der Waals surface area contributed by atoms with Crippen molar-refractivity contribution in [1.29, 1.82) is 0 Å². The summed E-state index contributed by atoms with van der Waals surface area (Å²) in [5.74, 6) is 1.16. The molecule has 0 heterocycles. The molecular weight excluding hydrogens is 261 g/mol. The zero-order chi connectivity index (χ0) is 13.8. The van der Waals surface area contributed by atoms with Crippen LogP contribution in [-0.2, 0) is 6.42 Å². The van der Waals surface area contributed by atoms with Gasteiger partial charge >= 0.3 is 0 Å². The first-order valence-electron chi connectivity index (χ1n) is 7.29. The average molecular weight is 284 g/mol. The van der Waals surface area contributed by atoms with Crippen LogP contribution in [0.2, 0.25) is 5.02 Å². The van der Waals surface area contributed by atoms with E-state index in [2.05, 4.69) is 19.2 Å². The summed E-state index contributed by atoms with van der Waals surface area (Å²) >= 11 is 5.74. The minimum Gasteiger partial charge on any atom is -0.314 e. The van der Waals surface area contributed by atoms with Gasteiger partial charge in [-0.05, 0) is 48.9 Å². The fourth-order valence-corrected chi connectivity index (χ4v) is 3.45. The molecule has 2 rings (SSSR count). The monoisotopic (exact) mass is 283 g/mol. The maximum Gasteiger partial charge on any atom is 0.142 e. The van der Waals surface area contributed by atoms with E-state index in [0.717, 1.165) is 24.4 Å². The number of hydrogen-bond acceptors (Lipinski definition) is 1. The second-order valence-corrected chi connectivity index (χ2v) is 6.10. The Balaban J connectivity index is 2.09. The fourth-order valence-electron chi connectivity index (χ4n) is 3.33. The molecule has 1 N–H and O–H groups in total. The van der Waals surface area contributed by atoms with Crippen molar-refractivity contribution in [3.05, 3.63) is 34.6 Å². The molecule has 1 aromatic carbocycles. The molecule has 3 atom stereocenters. The summed E-state index contributed by atoms with van der Waals surface area (Å²) in [5.41, 5.74) is 1.03. The summed E-state index contributed by atoms with van der Waals surface area (Å²) in [7, 11) is 0. The van der Waals surface area contributed by atoms with E-state index < -0.39 is 0 Å². The third-order valence-corrected chi connectivity index (χ3v) is 4.66. The molecule has 1 aliphatic carbocycles. The normalized spacial score (nSPS) is 24.6. The molecule has 1 aliphatic rings. The van der Waals surface area contributed by atoms with Crippen LogP contribution in [0.25, 0.3) is 0 Å². The van der Waals surface area contributed by atoms with Crippen molar-refractivity contribution in [3.63, 3.8) is 0 Å². The number of rotatable bonds is 5. The van der Waals surface area contributed by atoms with E-state index in [1.807, 2.05) is 6.07 Å². The number of likely N-dealkylation sites (N-methyl/N-ethyl adjacent to an activating group) is 1. The highest BCUT2D eigenvalue weighted by Crippen LogP contribution is 2.34.